The fraction of sp³-hybridized carbons (Fsp3) is 0.150. The smallest absolute Gasteiger partial charge is 0.271 e. The summed E-state index contributed by atoms with van der Waals surface area (Å²) in [4.78, 5) is 34.6. The van der Waals surface area contributed by atoms with Crippen molar-refractivity contribution >= 4 is 17.3 Å². The van der Waals surface area contributed by atoms with Gasteiger partial charge in [0.05, 0.1) is 10.6 Å². The third kappa shape index (κ3) is 4.29. The van der Waals surface area contributed by atoms with Gasteiger partial charge in [0.15, 0.2) is 0 Å². The summed E-state index contributed by atoms with van der Waals surface area (Å²) in [6.45, 7) is 3.69. The highest BCUT2D eigenvalue weighted by molar-refractivity contribution is 5.90. The Morgan fingerprint density at radius 1 is 1.11 bits per heavy atom. The lowest BCUT2D eigenvalue weighted by molar-refractivity contribution is -0.384. The topological polar surface area (TPSA) is 107 Å². The van der Waals surface area contributed by atoms with Crippen LogP contribution in [-0.4, -0.2) is 20.6 Å². The van der Waals surface area contributed by atoms with Crippen molar-refractivity contribution in [2.45, 2.75) is 20.4 Å². The first-order valence-corrected chi connectivity index (χ1v) is 8.53. The molecule has 28 heavy (non-hydrogen) atoms. The van der Waals surface area contributed by atoms with Crippen molar-refractivity contribution in [3.8, 4) is 11.3 Å². The number of nitrogens with zero attached hydrogens (tertiary/aromatic N) is 3. The number of benzene rings is 2. The molecule has 0 aliphatic heterocycles. The Labute approximate surface area is 160 Å². The van der Waals surface area contributed by atoms with Gasteiger partial charge in [-0.25, -0.2) is 4.68 Å². The Bertz CT molecular complexity index is 1120. The number of hydrogen-bond acceptors (Lipinski definition) is 5. The van der Waals surface area contributed by atoms with Crippen LogP contribution in [0.2, 0.25) is 0 Å². The van der Waals surface area contributed by atoms with E-state index in [4.69, 9.17) is 0 Å². The SMILES string of the molecule is Cc1ccc(-c2ccc(=O)n(CC(=O)Nc3cccc([N+](=O)[O-])c3)n2)cc1C. The van der Waals surface area contributed by atoms with Crippen molar-refractivity contribution < 1.29 is 9.72 Å². The number of non-ortho nitro benzene ring substituents is 1. The molecule has 2 aromatic carbocycles. The van der Waals surface area contributed by atoms with Gasteiger partial charge in [-0.05, 0) is 43.2 Å². The molecule has 1 heterocycles. The number of anilines is 1. The van der Waals surface area contributed by atoms with Gasteiger partial charge in [0.25, 0.3) is 11.2 Å². The zero-order valence-electron chi connectivity index (χ0n) is 15.4. The number of nitro benzene ring substituents is 1. The van der Waals surface area contributed by atoms with Crippen LogP contribution < -0.4 is 10.9 Å². The molecule has 3 rings (SSSR count). The minimum atomic E-state index is -0.547. The van der Waals surface area contributed by atoms with Crippen LogP contribution in [-0.2, 0) is 11.3 Å². The molecular formula is C20H18N4O4. The molecule has 0 saturated carbocycles. The first-order valence-electron chi connectivity index (χ1n) is 8.53. The van der Waals surface area contributed by atoms with Gasteiger partial charge in [0.1, 0.15) is 6.54 Å². The normalized spacial score (nSPS) is 10.5. The van der Waals surface area contributed by atoms with E-state index in [0.717, 1.165) is 21.4 Å². The molecule has 0 atom stereocenters. The number of nitro groups is 1. The van der Waals surface area contributed by atoms with Crippen LogP contribution in [0.15, 0.2) is 59.4 Å². The number of amides is 1. The van der Waals surface area contributed by atoms with Crippen molar-refractivity contribution in [2.24, 2.45) is 0 Å². The monoisotopic (exact) mass is 378 g/mol. The maximum absolute atomic E-state index is 12.3. The molecule has 8 heteroatoms. The first kappa shape index (κ1) is 19.0. The van der Waals surface area contributed by atoms with E-state index in [1.807, 2.05) is 32.0 Å². The van der Waals surface area contributed by atoms with Gasteiger partial charge in [-0.1, -0.05) is 18.2 Å². The number of carbonyl (C=O) groups is 1. The standard InChI is InChI=1S/C20H18N4O4/c1-13-6-7-15(10-14(13)2)18-8-9-20(26)23(22-18)12-19(25)21-16-4-3-5-17(11-16)24(27)28/h3-11H,12H2,1-2H3,(H,21,25). The number of rotatable bonds is 5. The Morgan fingerprint density at radius 3 is 2.61 bits per heavy atom. The number of carbonyl (C=O) groups excluding carboxylic acids is 1. The number of aromatic nitrogens is 2. The van der Waals surface area contributed by atoms with E-state index < -0.39 is 16.4 Å². The van der Waals surface area contributed by atoms with Crippen molar-refractivity contribution in [1.29, 1.82) is 0 Å². The third-order valence-electron chi connectivity index (χ3n) is 4.30. The molecule has 0 saturated heterocycles. The predicted molar refractivity (Wildman–Crippen MR) is 105 cm³/mol. The molecule has 3 aromatic rings. The summed E-state index contributed by atoms with van der Waals surface area (Å²) in [5.41, 5.74) is 3.39. The minimum Gasteiger partial charge on any atom is -0.324 e. The zero-order chi connectivity index (χ0) is 20.3. The van der Waals surface area contributed by atoms with Gasteiger partial charge in [0.2, 0.25) is 5.91 Å². The fourth-order valence-corrected chi connectivity index (χ4v) is 2.65. The lowest BCUT2D eigenvalue weighted by Gasteiger charge is -2.09. The van der Waals surface area contributed by atoms with Crippen LogP contribution in [0, 0.1) is 24.0 Å². The van der Waals surface area contributed by atoms with E-state index in [1.54, 1.807) is 6.07 Å². The maximum atomic E-state index is 12.3. The minimum absolute atomic E-state index is 0.134. The van der Waals surface area contributed by atoms with Gasteiger partial charge in [-0.15, -0.1) is 0 Å². The number of nitrogens with one attached hydrogen (secondary N) is 1. The van der Waals surface area contributed by atoms with Crippen molar-refractivity contribution in [2.75, 3.05) is 5.32 Å². The molecule has 0 aliphatic carbocycles. The van der Waals surface area contributed by atoms with Gasteiger partial charge in [-0.3, -0.25) is 19.7 Å². The van der Waals surface area contributed by atoms with Crippen molar-refractivity contribution in [1.82, 2.24) is 9.78 Å². The summed E-state index contributed by atoms with van der Waals surface area (Å²) in [5, 5.41) is 17.7. The van der Waals surface area contributed by atoms with E-state index in [0.29, 0.717) is 5.69 Å². The average molecular weight is 378 g/mol. The molecule has 1 aromatic heterocycles. The highest BCUT2D eigenvalue weighted by atomic mass is 16.6. The maximum Gasteiger partial charge on any atom is 0.271 e. The second kappa shape index (κ2) is 7.83. The van der Waals surface area contributed by atoms with Gasteiger partial charge in [0, 0.05) is 29.4 Å². The van der Waals surface area contributed by atoms with E-state index in [2.05, 4.69) is 10.4 Å². The molecule has 0 aliphatic rings. The quantitative estimate of drug-likeness (QED) is 0.542. The van der Waals surface area contributed by atoms with Crippen LogP contribution in [0.1, 0.15) is 11.1 Å². The van der Waals surface area contributed by atoms with Crippen LogP contribution in [0.25, 0.3) is 11.3 Å². The van der Waals surface area contributed by atoms with E-state index in [9.17, 15) is 19.7 Å². The summed E-state index contributed by atoms with van der Waals surface area (Å²) in [6.07, 6.45) is 0. The second-order valence-electron chi connectivity index (χ2n) is 6.37. The lowest BCUT2D eigenvalue weighted by Crippen LogP contribution is -2.29. The van der Waals surface area contributed by atoms with Crippen LogP contribution in [0.4, 0.5) is 11.4 Å². The highest BCUT2D eigenvalue weighted by Crippen LogP contribution is 2.19. The third-order valence-corrected chi connectivity index (χ3v) is 4.30. The van der Waals surface area contributed by atoms with Gasteiger partial charge in [-0.2, -0.15) is 5.10 Å². The lowest BCUT2D eigenvalue weighted by atomic mass is 10.0. The predicted octanol–water partition coefficient (Wildman–Crippen LogP) is 3.07. The van der Waals surface area contributed by atoms with Crippen molar-refractivity contribution in [3.63, 3.8) is 0 Å². The summed E-state index contributed by atoms with van der Waals surface area (Å²) in [6, 6.07) is 14.4. The molecule has 1 N–H and O–H groups in total. The molecule has 1 amide bonds. The van der Waals surface area contributed by atoms with Gasteiger partial charge >= 0.3 is 0 Å². The van der Waals surface area contributed by atoms with E-state index in [1.165, 1.54) is 30.3 Å². The van der Waals surface area contributed by atoms with Crippen molar-refractivity contribution in [3.05, 3.63) is 86.2 Å². The van der Waals surface area contributed by atoms with E-state index >= 15 is 0 Å². The molecule has 8 nitrogen and oxygen atoms in total. The Hall–Kier alpha value is -3.81. The molecule has 142 valence electrons. The largest absolute Gasteiger partial charge is 0.324 e. The number of aryl methyl sites for hydroxylation is 2. The molecule has 0 fully saturated rings. The Balaban J connectivity index is 1.81. The summed E-state index contributed by atoms with van der Waals surface area (Å²) in [7, 11) is 0. The Kier molecular flexibility index (Phi) is 5.30. The molecule has 0 unspecified atom stereocenters. The Morgan fingerprint density at radius 2 is 1.89 bits per heavy atom. The van der Waals surface area contributed by atoms with Crippen LogP contribution >= 0.6 is 0 Å². The molecule has 0 spiro atoms. The van der Waals surface area contributed by atoms with Crippen LogP contribution in [0.3, 0.4) is 0 Å². The first-order chi connectivity index (χ1) is 13.3. The summed E-state index contributed by atoms with van der Waals surface area (Å²) >= 11 is 0. The highest BCUT2D eigenvalue weighted by Gasteiger charge is 2.11. The summed E-state index contributed by atoms with van der Waals surface area (Å²) < 4.78 is 1.07. The van der Waals surface area contributed by atoms with Crippen LogP contribution in [0.5, 0.6) is 0 Å². The average Bonchev–Trinajstić information content (AvgIpc) is 2.66. The molecule has 0 bridgehead atoms. The van der Waals surface area contributed by atoms with Gasteiger partial charge < -0.3 is 5.32 Å². The second-order valence-corrected chi connectivity index (χ2v) is 6.37. The number of hydrogen-bond donors (Lipinski definition) is 1. The zero-order valence-corrected chi connectivity index (χ0v) is 15.4. The van der Waals surface area contributed by atoms with E-state index in [-0.39, 0.29) is 17.9 Å². The summed E-state index contributed by atoms with van der Waals surface area (Å²) in [5.74, 6) is -0.507. The molecular weight excluding hydrogens is 360 g/mol. The fourth-order valence-electron chi connectivity index (χ4n) is 2.65. The molecule has 0 radical (unpaired) electrons.